The average Bonchev–Trinajstić information content (AvgIpc) is 3.82. The van der Waals surface area contributed by atoms with Crippen molar-refractivity contribution in [2.45, 2.75) is 25.7 Å². The molecule has 1 aliphatic carbocycles. The number of fused-ring (bicyclic) bond motifs is 4. The van der Waals surface area contributed by atoms with Gasteiger partial charge in [-0.15, -0.1) is 11.3 Å². The number of amides is 1. The first kappa shape index (κ1) is 27.3. The van der Waals surface area contributed by atoms with Crippen LogP contribution in [0.25, 0.3) is 27.6 Å². The van der Waals surface area contributed by atoms with Crippen molar-refractivity contribution in [3.63, 3.8) is 0 Å². The fourth-order valence-electron chi connectivity index (χ4n) is 6.86. The van der Waals surface area contributed by atoms with Gasteiger partial charge in [-0.05, 0) is 94.4 Å². The van der Waals surface area contributed by atoms with Crippen LogP contribution < -0.4 is 9.91 Å². The number of hydrogen-bond donors (Lipinski definition) is 1. The van der Waals surface area contributed by atoms with Gasteiger partial charge < -0.3 is 10.0 Å². The number of carbonyl (C=O) groups is 2. The zero-order valence-electron chi connectivity index (χ0n) is 24.8. The van der Waals surface area contributed by atoms with Crippen LogP contribution in [-0.4, -0.2) is 29.2 Å². The predicted molar refractivity (Wildman–Crippen MR) is 181 cm³/mol. The molecule has 0 saturated carbocycles. The summed E-state index contributed by atoms with van der Waals surface area (Å²) in [5.41, 5.74) is 10.6. The summed E-state index contributed by atoms with van der Waals surface area (Å²) in [5.74, 6) is -1.69. The fraction of sp³-hybridized carbons (Fsp3) is 0.132. The van der Waals surface area contributed by atoms with E-state index in [-0.39, 0.29) is 16.7 Å². The molecule has 5 aromatic rings. The molecule has 1 N–H and O–H groups in total. The molecule has 1 amide bonds. The molecule has 3 heterocycles. The van der Waals surface area contributed by atoms with E-state index >= 15 is 0 Å². The van der Waals surface area contributed by atoms with Crippen LogP contribution in [0.2, 0.25) is 0 Å². The van der Waals surface area contributed by atoms with Crippen LogP contribution in [0, 0.1) is 0 Å². The number of carboxylic acids is 1. The molecule has 0 unspecified atom stereocenters. The van der Waals surface area contributed by atoms with E-state index in [1.807, 2.05) is 18.2 Å². The summed E-state index contributed by atoms with van der Waals surface area (Å²) in [6, 6.07) is 35.0. The highest BCUT2D eigenvalue weighted by Crippen LogP contribution is 2.50. The topological polar surface area (TPSA) is 73.2 Å². The molecular formula is C38H29N3O3S. The zero-order valence-corrected chi connectivity index (χ0v) is 25.6. The maximum atomic E-state index is 13.2. The largest absolute Gasteiger partial charge is 0.476 e. The Bertz CT molecular complexity index is 2110. The summed E-state index contributed by atoms with van der Waals surface area (Å²) in [6.07, 6.45) is 2.59. The van der Waals surface area contributed by atoms with E-state index in [9.17, 15) is 14.7 Å². The summed E-state index contributed by atoms with van der Waals surface area (Å²) in [5, 5.41) is 15.1. The van der Waals surface area contributed by atoms with Crippen LogP contribution in [-0.2, 0) is 21.4 Å². The zero-order chi connectivity index (χ0) is 30.9. The van der Waals surface area contributed by atoms with E-state index in [2.05, 4.69) is 84.5 Å². The van der Waals surface area contributed by atoms with Crippen molar-refractivity contribution < 1.29 is 14.7 Å². The lowest BCUT2D eigenvalue weighted by atomic mass is 9.82. The minimum Gasteiger partial charge on any atom is -0.476 e. The molecule has 45 heavy (non-hydrogen) atoms. The summed E-state index contributed by atoms with van der Waals surface area (Å²) in [4.78, 5) is 29.5. The third-order valence-corrected chi connectivity index (χ3v) is 10.2. The molecule has 0 saturated heterocycles. The van der Waals surface area contributed by atoms with Crippen LogP contribution in [0.5, 0.6) is 0 Å². The molecule has 0 bridgehead atoms. The lowest BCUT2D eigenvalue weighted by molar-refractivity contribution is -0.129. The molecular weight excluding hydrogens is 579 g/mol. The Morgan fingerprint density at radius 2 is 1.64 bits per heavy atom. The van der Waals surface area contributed by atoms with Gasteiger partial charge in [-0.2, -0.15) is 10.1 Å². The van der Waals surface area contributed by atoms with Gasteiger partial charge in [0.05, 0.1) is 11.3 Å². The Morgan fingerprint density at radius 3 is 2.47 bits per heavy atom. The maximum Gasteiger partial charge on any atom is 0.357 e. The Balaban J connectivity index is 1.07. The SMILES string of the molecule is CC1(C)c2ccccc2-c2ccc(N3CCc4cc(-c5ccc(C=C6C(=O)N(c7ccccc7)N=C6C(=O)O)s5)ccc43)cc21. The van der Waals surface area contributed by atoms with E-state index in [1.165, 1.54) is 50.5 Å². The number of carbonyl (C=O) groups excluding carboxylic acids is 1. The number of aliphatic carboxylic acids is 1. The van der Waals surface area contributed by atoms with E-state index in [1.54, 1.807) is 30.3 Å². The number of hydrogen-bond acceptors (Lipinski definition) is 5. The molecule has 0 spiro atoms. The minimum atomic E-state index is -1.23. The highest BCUT2D eigenvalue weighted by atomic mass is 32.1. The van der Waals surface area contributed by atoms with Crippen molar-refractivity contribution in [2.24, 2.45) is 5.10 Å². The number of carboxylic acid groups (broad SMARTS) is 1. The molecule has 4 aromatic carbocycles. The van der Waals surface area contributed by atoms with Crippen LogP contribution in [0.15, 0.2) is 114 Å². The van der Waals surface area contributed by atoms with Crippen molar-refractivity contribution in [2.75, 3.05) is 16.5 Å². The van der Waals surface area contributed by atoms with Crippen molar-refractivity contribution in [1.29, 1.82) is 0 Å². The van der Waals surface area contributed by atoms with Crippen molar-refractivity contribution in [1.82, 2.24) is 0 Å². The number of nitrogens with zero attached hydrogens (tertiary/aromatic N) is 3. The van der Waals surface area contributed by atoms with Crippen molar-refractivity contribution in [3.05, 3.63) is 130 Å². The lowest BCUT2D eigenvalue weighted by Gasteiger charge is -2.25. The molecule has 3 aliphatic rings. The summed E-state index contributed by atoms with van der Waals surface area (Å²) >= 11 is 1.53. The number of para-hydroxylation sites is 1. The summed E-state index contributed by atoms with van der Waals surface area (Å²) < 4.78 is 0. The van der Waals surface area contributed by atoms with Gasteiger partial charge in [-0.3, -0.25) is 4.79 Å². The molecule has 0 radical (unpaired) electrons. The number of hydrazone groups is 1. The summed E-state index contributed by atoms with van der Waals surface area (Å²) in [6.45, 7) is 5.55. The Labute approximate surface area is 265 Å². The first-order valence-corrected chi connectivity index (χ1v) is 15.8. The highest BCUT2D eigenvalue weighted by Gasteiger charge is 2.37. The first-order valence-electron chi connectivity index (χ1n) is 15.0. The Morgan fingerprint density at radius 1 is 0.867 bits per heavy atom. The third-order valence-electron chi connectivity index (χ3n) is 9.13. The van der Waals surface area contributed by atoms with Gasteiger partial charge in [0.1, 0.15) is 0 Å². The normalized spacial score (nSPS) is 17.0. The van der Waals surface area contributed by atoms with E-state index in [4.69, 9.17) is 0 Å². The average molecular weight is 608 g/mol. The molecule has 1 aromatic heterocycles. The van der Waals surface area contributed by atoms with Crippen molar-refractivity contribution in [3.8, 4) is 21.6 Å². The van der Waals surface area contributed by atoms with Crippen LogP contribution in [0.4, 0.5) is 17.1 Å². The molecule has 0 atom stereocenters. The number of rotatable bonds is 5. The first-order chi connectivity index (χ1) is 21.8. The predicted octanol–water partition coefficient (Wildman–Crippen LogP) is 8.29. The fourth-order valence-corrected chi connectivity index (χ4v) is 7.81. The second-order valence-electron chi connectivity index (χ2n) is 12.1. The highest BCUT2D eigenvalue weighted by molar-refractivity contribution is 7.16. The van der Waals surface area contributed by atoms with Gasteiger partial charge in [-0.25, -0.2) is 4.79 Å². The maximum absolute atomic E-state index is 13.2. The number of anilines is 3. The monoisotopic (exact) mass is 607 g/mol. The van der Waals surface area contributed by atoms with Gasteiger partial charge in [0, 0.05) is 33.1 Å². The second-order valence-corrected chi connectivity index (χ2v) is 13.2. The van der Waals surface area contributed by atoms with E-state index < -0.39 is 11.9 Å². The molecule has 2 aliphatic heterocycles. The standard InChI is InChI=1S/C38H29N3O3S/c1-38(2)31-11-7-6-10-28(31)29-15-13-26(21-32(29)38)40-19-18-23-20-24(12-16-33(23)40)34-17-14-27(45-34)22-30-35(37(43)44)39-41(36(30)42)25-8-4-3-5-9-25/h3-17,20-22H,18-19H2,1-2H3,(H,43,44). The number of benzene rings is 4. The van der Waals surface area contributed by atoms with E-state index in [0.29, 0.717) is 5.69 Å². The van der Waals surface area contributed by atoms with Gasteiger partial charge in [0.15, 0.2) is 5.71 Å². The lowest BCUT2D eigenvalue weighted by Crippen LogP contribution is -2.22. The Hall–Kier alpha value is -5.27. The van der Waals surface area contributed by atoms with Crippen molar-refractivity contribution >= 4 is 52.1 Å². The summed E-state index contributed by atoms with van der Waals surface area (Å²) in [7, 11) is 0. The molecule has 6 nitrogen and oxygen atoms in total. The van der Waals surface area contributed by atoms with Gasteiger partial charge >= 0.3 is 5.97 Å². The van der Waals surface area contributed by atoms with Gasteiger partial charge in [0.2, 0.25) is 0 Å². The van der Waals surface area contributed by atoms with Crippen LogP contribution in [0.1, 0.15) is 35.4 Å². The minimum absolute atomic E-state index is 0.0411. The van der Waals surface area contributed by atoms with E-state index in [0.717, 1.165) is 33.3 Å². The Kier molecular flexibility index (Phi) is 6.15. The quantitative estimate of drug-likeness (QED) is 0.204. The van der Waals surface area contributed by atoms with Gasteiger partial charge in [-0.1, -0.05) is 68.4 Å². The third kappa shape index (κ3) is 4.34. The van der Waals surface area contributed by atoms with Crippen LogP contribution in [0.3, 0.4) is 0 Å². The smallest absolute Gasteiger partial charge is 0.357 e. The molecule has 8 rings (SSSR count). The molecule has 220 valence electrons. The molecule has 0 fully saturated rings. The molecule has 7 heteroatoms. The second kappa shape index (κ2) is 10.1. The van der Waals surface area contributed by atoms with Crippen LogP contribution >= 0.6 is 11.3 Å². The number of thiophene rings is 1. The van der Waals surface area contributed by atoms with Gasteiger partial charge in [0.25, 0.3) is 5.91 Å².